The number of nitrogens with one attached hydrogen (secondary N) is 1. The molecular weight excluding hydrogens is 302 g/mol. The van der Waals surface area contributed by atoms with Gasteiger partial charge in [-0.1, -0.05) is 6.07 Å². The minimum absolute atomic E-state index is 0.00818. The van der Waals surface area contributed by atoms with Gasteiger partial charge in [0.05, 0.1) is 32.0 Å². The lowest BCUT2D eigenvalue weighted by atomic mass is 9.96. The van der Waals surface area contributed by atoms with E-state index in [1.54, 1.807) is 13.0 Å². The fraction of sp³-hybridized carbons (Fsp3) is 0.375. The molecule has 1 aliphatic heterocycles. The summed E-state index contributed by atoms with van der Waals surface area (Å²) < 4.78 is 15.4. The lowest BCUT2D eigenvalue weighted by Crippen LogP contribution is -2.23. The zero-order valence-corrected chi connectivity index (χ0v) is 13.4. The third-order valence-corrected chi connectivity index (χ3v) is 3.57. The van der Waals surface area contributed by atoms with Crippen LogP contribution < -0.4 is 14.8 Å². The molecule has 0 radical (unpaired) electrons. The Hall–Kier alpha value is -2.54. The quantitative estimate of drug-likeness (QED) is 0.812. The summed E-state index contributed by atoms with van der Waals surface area (Å²) in [5.41, 5.74) is 0.599. The molecule has 0 saturated carbocycles. The molecule has 23 heavy (non-hydrogen) atoms. The SMILES string of the molecule is CCOC(=O)C1=C(C)NC(=O)c2c(ccc(OC)c2OC)C1O. The molecule has 0 saturated heterocycles. The van der Waals surface area contributed by atoms with Crippen LogP contribution in [-0.2, 0) is 9.53 Å². The molecular formula is C16H19NO6. The van der Waals surface area contributed by atoms with Crippen molar-refractivity contribution in [1.82, 2.24) is 5.32 Å². The minimum Gasteiger partial charge on any atom is -0.493 e. The summed E-state index contributed by atoms with van der Waals surface area (Å²) in [4.78, 5) is 24.6. The number of benzene rings is 1. The average Bonchev–Trinajstić information content (AvgIpc) is 2.61. The number of ether oxygens (including phenoxy) is 3. The van der Waals surface area contributed by atoms with Gasteiger partial charge in [0.15, 0.2) is 11.5 Å². The highest BCUT2D eigenvalue weighted by molar-refractivity contribution is 6.03. The van der Waals surface area contributed by atoms with E-state index in [4.69, 9.17) is 14.2 Å². The summed E-state index contributed by atoms with van der Waals surface area (Å²) in [6.45, 7) is 3.36. The van der Waals surface area contributed by atoms with Crippen LogP contribution >= 0.6 is 0 Å². The Labute approximate surface area is 133 Å². The first-order valence-electron chi connectivity index (χ1n) is 7.08. The maximum Gasteiger partial charge on any atom is 0.338 e. The molecule has 0 fully saturated rings. The topological polar surface area (TPSA) is 94.1 Å². The Bertz CT molecular complexity index is 679. The fourth-order valence-electron chi connectivity index (χ4n) is 2.54. The first kappa shape index (κ1) is 16.8. The Morgan fingerprint density at radius 2 is 2.00 bits per heavy atom. The zero-order valence-electron chi connectivity index (χ0n) is 13.4. The maximum atomic E-state index is 12.5. The molecule has 0 aromatic heterocycles. The predicted octanol–water partition coefficient (Wildman–Crippen LogP) is 1.32. The maximum absolute atomic E-state index is 12.5. The number of hydrogen-bond acceptors (Lipinski definition) is 6. The monoisotopic (exact) mass is 321 g/mol. The molecule has 2 rings (SSSR count). The Kier molecular flexibility index (Phi) is 4.90. The average molecular weight is 321 g/mol. The fourth-order valence-corrected chi connectivity index (χ4v) is 2.54. The lowest BCUT2D eigenvalue weighted by molar-refractivity contribution is -0.139. The molecule has 0 bridgehead atoms. The van der Waals surface area contributed by atoms with Gasteiger partial charge in [-0.15, -0.1) is 0 Å². The number of aliphatic hydroxyl groups excluding tert-OH is 1. The first-order valence-corrected chi connectivity index (χ1v) is 7.08. The minimum atomic E-state index is -1.32. The molecule has 1 amide bonds. The van der Waals surface area contributed by atoms with Crippen LogP contribution in [0.4, 0.5) is 0 Å². The van der Waals surface area contributed by atoms with E-state index in [2.05, 4.69) is 5.32 Å². The summed E-state index contributed by atoms with van der Waals surface area (Å²) in [5, 5.41) is 13.2. The third-order valence-electron chi connectivity index (χ3n) is 3.57. The van der Waals surface area contributed by atoms with Gasteiger partial charge in [-0.05, 0) is 19.9 Å². The van der Waals surface area contributed by atoms with Crippen LogP contribution in [-0.4, -0.2) is 37.8 Å². The van der Waals surface area contributed by atoms with Crippen molar-refractivity contribution in [1.29, 1.82) is 0 Å². The number of hydrogen-bond donors (Lipinski definition) is 2. The second kappa shape index (κ2) is 6.70. The standard InChI is InChI=1S/C16H19NO6/c1-5-23-16(20)11-8(2)17-15(19)12-9(13(11)18)6-7-10(21-3)14(12)22-4/h6-7,13,18H,5H2,1-4H3,(H,17,19). The van der Waals surface area contributed by atoms with Crippen LogP contribution in [0.1, 0.15) is 35.9 Å². The van der Waals surface area contributed by atoms with Gasteiger partial charge in [-0.3, -0.25) is 4.79 Å². The van der Waals surface area contributed by atoms with Crippen molar-refractivity contribution in [3.8, 4) is 11.5 Å². The number of rotatable bonds is 4. The summed E-state index contributed by atoms with van der Waals surface area (Å²) in [5.74, 6) is -0.627. The molecule has 124 valence electrons. The van der Waals surface area contributed by atoms with E-state index in [0.29, 0.717) is 5.75 Å². The number of esters is 1. The normalized spacial score (nSPS) is 17.1. The highest BCUT2D eigenvalue weighted by Gasteiger charge is 2.34. The molecule has 1 aromatic carbocycles. The van der Waals surface area contributed by atoms with Crippen molar-refractivity contribution in [2.45, 2.75) is 20.0 Å². The van der Waals surface area contributed by atoms with Gasteiger partial charge in [0.25, 0.3) is 5.91 Å². The summed E-state index contributed by atoms with van der Waals surface area (Å²) >= 11 is 0. The Balaban J connectivity index is 2.65. The van der Waals surface area contributed by atoms with Gasteiger partial charge < -0.3 is 24.6 Å². The van der Waals surface area contributed by atoms with E-state index in [0.717, 1.165) is 0 Å². The number of fused-ring (bicyclic) bond motifs is 1. The molecule has 1 heterocycles. The Morgan fingerprint density at radius 3 is 2.57 bits per heavy atom. The predicted molar refractivity (Wildman–Crippen MR) is 81.3 cm³/mol. The van der Waals surface area contributed by atoms with Gasteiger partial charge in [0, 0.05) is 11.3 Å². The highest BCUT2D eigenvalue weighted by Crippen LogP contribution is 2.39. The molecule has 1 aromatic rings. The highest BCUT2D eigenvalue weighted by atomic mass is 16.5. The van der Waals surface area contributed by atoms with E-state index < -0.39 is 18.0 Å². The number of methoxy groups -OCH3 is 2. The number of amides is 1. The summed E-state index contributed by atoms with van der Waals surface area (Å²) in [7, 11) is 2.85. The molecule has 7 heteroatoms. The molecule has 1 aliphatic rings. The molecule has 2 N–H and O–H groups in total. The number of aliphatic hydroxyl groups is 1. The second-order valence-electron chi connectivity index (χ2n) is 4.88. The number of carbonyl (C=O) groups excluding carboxylic acids is 2. The van der Waals surface area contributed by atoms with E-state index in [-0.39, 0.29) is 34.8 Å². The largest absolute Gasteiger partial charge is 0.493 e. The van der Waals surface area contributed by atoms with Crippen LogP contribution in [0.5, 0.6) is 11.5 Å². The van der Waals surface area contributed by atoms with E-state index in [1.165, 1.54) is 27.2 Å². The van der Waals surface area contributed by atoms with Gasteiger partial charge in [-0.2, -0.15) is 0 Å². The number of allylic oxidation sites excluding steroid dienone is 1. The molecule has 0 spiro atoms. The van der Waals surface area contributed by atoms with Crippen LogP contribution in [0.2, 0.25) is 0 Å². The van der Waals surface area contributed by atoms with Gasteiger partial charge in [0.2, 0.25) is 0 Å². The van der Waals surface area contributed by atoms with Crippen LogP contribution in [0.3, 0.4) is 0 Å². The van der Waals surface area contributed by atoms with Gasteiger partial charge in [0.1, 0.15) is 6.10 Å². The van der Waals surface area contributed by atoms with E-state index >= 15 is 0 Å². The lowest BCUT2D eigenvalue weighted by Gasteiger charge is -2.17. The summed E-state index contributed by atoms with van der Waals surface area (Å²) in [6.07, 6.45) is -1.32. The van der Waals surface area contributed by atoms with Crippen molar-refractivity contribution < 1.29 is 28.9 Å². The van der Waals surface area contributed by atoms with Gasteiger partial charge in [-0.25, -0.2) is 4.79 Å². The summed E-state index contributed by atoms with van der Waals surface area (Å²) in [6, 6.07) is 3.09. The van der Waals surface area contributed by atoms with Crippen molar-refractivity contribution in [2.75, 3.05) is 20.8 Å². The third kappa shape index (κ3) is 2.87. The van der Waals surface area contributed by atoms with Crippen molar-refractivity contribution in [3.05, 3.63) is 34.5 Å². The molecule has 0 aliphatic carbocycles. The second-order valence-corrected chi connectivity index (χ2v) is 4.88. The zero-order chi connectivity index (χ0) is 17.1. The van der Waals surface area contributed by atoms with Crippen LogP contribution in [0.25, 0.3) is 0 Å². The molecule has 1 atom stereocenters. The van der Waals surface area contributed by atoms with Crippen LogP contribution in [0, 0.1) is 0 Å². The van der Waals surface area contributed by atoms with E-state index in [9.17, 15) is 14.7 Å². The molecule has 1 unspecified atom stereocenters. The first-order chi connectivity index (χ1) is 11.0. The van der Waals surface area contributed by atoms with Crippen molar-refractivity contribution in [3.63, 3.8) is 0 Å². The van der Waals surface area contributed by atoms with Crippen LogP contribution in [0.15, 0.2) is 23.4 Å². The van der Waals surface area contributed by atoms with Crippen molar-refractivity contribution in [2.24, 2.45) is 0 Å². The molecule has 7 nitrogen and oxygen atoms in total. The van der Waals surface area contributed by atoms with Gasteiger partial charge >= 0.3 is 5.97 Å². The van der Waals surface area contributed by atoms with Crippen molar-refractivity contribution >= 4 is 11.9 Å². The van der Waals surface area contributed by atoms with E-state index in [1.807, 2.05) is 0 Å². The Morgan fingerprint density at radius 1 is 1.30 bits per heavy atom. The smallest absolute Gasteiger partial charge is 0.338 e. The number of carbonyl (C=O) groups is 2.